The van der Waals surface area contributed by atoms with Gasteiger partial charge in [-0.05, 0) is 32.1 Å². The Balaban J connectivity index is 2.16. The van der Waals surface area contributed by atoms with E-state index in [9.17, 15) is 4.79 Å². The lowest BCUT2D eigenvalue weighted by atomic mass is 10.1. The van der Waals surface area contributed by atoms with Gasteiger partial charge in [0.2, 0.25) is 5.91 Å². The molecule has 1 saturated heterocycles. The molecule has 6 heteroatoms. The maximum Gasteiger partial charge on any atom is 0.216 e. The van der Waals surface area contributed by atoms with Crippen LogP contribution >= 0.6 is 24.0 Å². The first-order valence-electron chi connectivity index (χ1n) is 7.69. The summed E-state index contributed by atoms with van der Waals surface area (Å²) in [5.74, 6) is -0.00673. The van der Waals surface area contributed by atoms with Gasteiger partial charge in [0.1, 0.15) is 5.44 Å². The Morgan fingerprint density at radius 1 is 1.33 bits per heavy atom. The molecule has 1 amide bonds. The summed E-state index contributed by atoms with van der Waals surface area (Å²) in [6.07, 6.45) is 5.54. The zero-order valence-corrected chi connectivity index (χ0v) is 15.0. The Bertz CT molecular complexity index is 343. The molecule has 0 aromatic heterocycles. The molecule has 4 nitrogen and oxygen atoms in total. The fourth-order valence-electron chi connectivity index (χ4n) is 2.16. The number of nitrogens with one attached hydrogen (secondary N) is 2. The van der Waals surface area contributed by atoms with Gasteiger partial charge >= 0.3 is 0 Å². The molecular formula is C15H28N2O2S2. The molecule has 0 aliphatic carbocycles. The summed E-state index contributed by atoms with van der Waals surface area (Å²) >= 11 is 7.27. The molecule has 0 aromatic carbocycles. The average molecular weight is 333 g/mol. The van der Waals surface area contributed by atoms with Crippen LogP contribution in [0, 0.1) is 0 Å². The quantitative estimate of drug-likeness (QED) is 0.529. The van der Waals surface area contributed by atoms with E-state index < -0.39 is 0 Å². The summed E-state index contributed by atoms with van der Waals surface area (Å²) in [5.41, 5.74) is 0.343. The number of ether oxygens (including phenoxy) is 1. The molecule has 0 bridgehead atoms. The van der Waals surface area contributed by atoms with Gasteiger partial charge in [-0.15, -0.1) is 11.8 Å². The van der Waals surface area contributed by atoms with Crippen LogP contribution in [0.25, 0.3) is 0 Å². The molecule has 0 aromatic rings. The number of thiocarbonyl (C=S) groups is 1. The highest BCUT2D eigenvalue weighted by molar-refractivity contribution is 8.01. The fourth-order valence-corrected chi connectivity index (χ4v) is 3.75. The van der Waals surface area contributed by atoms with Crippen LogP contribution in [0.15, 0.2) is 0 Å². The summed E-state index contributed by atoms with van der Waals surface area (Å²) in [4.78, 5) is 11.6. The molecule has 0 spiro atoms. The lowest BCUT2D eigenvalue weighted by molar-refractivity contribution is -0.118. The molecule has 1 atom stereocenters. The molecule has 122 valence electrons. The van der Waals surface area contributed by atoms with Gasteiger partial charge in [0.05, 0.1) is 4.99 Å². The Morgan fingerprint density at radius 3 is 2.67 bits per heavy atom. The minimum absolute atomic E-state index is 0.00673. The third-order valence-electron chi connectivity index (χ3n) is 3.36. The van der Waals surface area contributed by atoms with E-state index in [0.717, 1.165) is 30.9 Å². The Labute approximate surface area is 138 Å². The average Bonchev–Trinajstić information content (AvgIpc) is 2.42. The second-order valence-electron chi connectivity index (χ2n) is 6.01. The molecule has 21 heavy (non-hydrogen) atoms. The van der Waals surface area contributed by atoms with Crippen molar-refractivity contribution in [1.82, 2.24) is 10.6 Å². The summed E-state index contributed by atoms with van der Waals surface area (Å²) in [5, 5.41) is 5.94. The Hall–Kier alpha value is -0.330. The smallest absolute Gasteiger partial charge is 0.216 e. The first-order chi connectivity index (χ1) is 9.89. The first-order valence-corrected chi connectivity index (χ1v) is 8.98. The van der Waals surface area contributed by atoms with Crippen molar-refractivity contribution in [3.8, 4) is 0 Å². The highest BCUT2D eigenvalue weighted by Gasteiger charge is 2.26. The van der Waals surface area contributed by atoms with Gasteiger partial charge in [-0.25, -0.2) is 0 Å². The van der Waals surface area contributed by atoms with Crippen LogP contribution in [0.5, 0.6) is 0 Å². The number of thioether (sulfide) groups is 1. The minimum Gasteiger partial charge on any atom is -0.378 e. The van der Waals surface area contributed by atoms with Crippen LogP contribution in [-0.4, -0.2) is 40.8 Å². The van der Waals surface area contributed by atoms with Crippen molar-refractivity contribution in [2.75, 3.05) is 19.7 Å². The van der Waals surface area contributed by atoms with Gasteiger partial charge in [0.25, 0.3) is 0 Å². The summed E-state index contributed by atoms with van der Waals surface area (Å²) in [7, 11) is 0. The normalized spacial score (nSPS) is 19.1. The maximum absolute atomic E-state index is 10.7. The third-order valence-corrected chi connectivity index (χ3v) is 5.19. The van der Waals surface area contributed by atoms with Gasteiger partial charge < -0.3 is 15.4 Å². The number of carbonyl (C=O) groups excluding carboxylic acids is 1. The van der Waals surface area contributed by atoms with E-state index in [1.807, 2.05) is 11.8 Å². The molecule has 1 aliphatic rings. The fraction of sp³-hybridized carbons (Fsp3) is 0.867. The zero-order valence-electron chi connectivity index (χ0n) is 13.4. The van der Waals surface area contributed by atoms with Crippen molar-refractivity contribution in [3.63, 3.8) is 0 Å². The van der Waals surface area contributed by atoms with E-state index in [2.05, 4.69) is 24.5 Å². The van der Waals surface area contributed by atoms with Gasteiger partial charge in [-0.2, -0.15) is 0 Å². The first kappa shape index (κ1) is 18.7. The summed E-state index contributed by atoms with van der Waals surface area (Å²) in [6.45, 7) is 8.24. The lowest BCUT2D eigenvalue weighted by Gasteiger charge is -2.31. The van der Waals surface area contributed by atoms with Crippen LogP contribution < -0.4 is 10.6 Å². The lowest BCUT2D eigenvalue weighted by Crippen LogP contribution is -2.33. The van der Waals surface area contributed by atoms with Crippen LogP contribution in [0.3, 0.4) is 0 Å². The van der Waals surface area contributed by atoms with Gasteiger partial charge in [0, 0.05) is 31.4 Å². The Morgan fingerprint density at radius 2 is 2.05 bits per heavy atom. The van der Waals surface area contributed by atoms with Crippen molar-refractivity contribution >= 4 is 34.9 Å². The monoisotopic (exact) mass is 332 g/mol. The van der Waals surface area contributed by atoms with E-state index in [0.29, 0.717) is 18.5 Å². The second-order valence-corrected chi connectivity index (χ2v) is 8.37. The van der Waals surface area contributed by atoms with Crippen LogP contribution in [-0.2, 0) is 9.53 Å². The minimum atomic E-state index is -0.00673. The molecular weight excluding hydrogens is 304 g/mol. The number of amides is 1. The van der Waals surface area contributed by atoms with Gasteiger partial charge in [-0.3, -0.25) is 4.79 Å². The molecule has 1 aliphatic heterocycles. The number of hydrogen-bond donors (Lipinski definition) is 2. The summed E-state index contributed by atoms with van der Waals surface area (Å²) in [6, 6.07) is 0. The number of hydrogen-bond acceptors (Lipinski definition) is 4. The molecule has 1 rings (SSSR count). The van der Waals surface area contributed by atoms with Crippen molar-refractivity contribution in [2.45, 2.75) is 63.1 Å². The van der Waals surface area contributed by atoms with E-state index in [4.69, 9.17) is 17.0 Å². The summed E-state index contributed by atoms with van der Waals surface area (Å²) < 4.78 is 5.97. The second kappa shape index (κ2) is 9.64. The third kappa shape index (κ3) is 9.32. The van der Waals surface area contributed by atoms with E-state index in [1.54, 1.807) is 0 Å². The maximum atomic E-state index is 10.7. The van der Waals surface area contributed by atoms with Crippen molar-refractivity contribution < 1.29 is 9.53 Å². The highest BCUT2D eigenvalue weighted by Crippen LogP contribution is 2.37. The van der Waals surface area contributed by atoms with Crippen molar-refractivity contribution in [2.24, 2.45) is 0 Å². The van der Waals surface area contributed by atoms with E-state index in [-0.39, 0.29) is 10.7 Å². The zero-order chi connectivity index (χ0) is 15.7. The van der Waals surface area contributed by atoms with E-state index in [1.165, 1.54) is 19.8 Å². The molecule has 2 N–H and O–H groups in total. The topological polar surface area (TPSA) is 50.4 Å². The van der Waals surface area contributed by atoms with Gasteiger partial charge in [0.15, 0.2) is 0 Å². The van der Waals surface area contributed by atoms with Gasteiger partial charge in [-0.1, -0.05) is 26.1 Å². The van der Waals surface area contributed by atoms with Crippen molar-refractivity contribution in [3.05, 3.63) is 0 Å². The molecule has 1 unspecified atom stereocenters. The molecule has 1 fully saturated rings. The van der Waals surface area contributed by atoms with Crippen molar-refractivity contribution in [1.29, 1.82) is 0 Å². The predicted octanol–water partition coefficient (Wildman–Crippen LogP) is 2.86. The van der Waals surface area contributed by atoms with E-state index >= 15 is 0 Å². The standard InChI is InChI=1S/C15H28N2O2S2/c1-12(18)16-9-10-17-13(20)7-8-15(2,3)21-14-6-4-5-11-19-14/h14H,4-11H2,1-3H3,(H,16,18)(H,17,20). The number of carbonyl (C=O) groups is 1. The molecule has 0 saturated carbocycles. The SMILES string of the molecule is CC(=O)NCCNC(=S)CCC(C)(C)SC1CCCCO1. The van der Waals surface area contributed by atoms with Crippen LogP contribution in [0.4, 0.5) is 0 Å². The molecule has 1 heterocycles. The largest absolute Gasteiger partial charge is 0.378 e. The molecule has 0 radical (unpaired) electrons. The Kier molecular flexibility index (Phi) is 8.59. The highest BCUT2D eigenvalue weighted by atomic mass is 32.2. The van der Waals surface area contributed by atoms with Crippen LogP contribution in [0.2, 0.25) is 0 Å². The predicted molar refractivity (Wildman–Crippen MR) is 93.8 cm³/mol. The van der Waals surface area contributed by atoms with Crippen LogP contribution in [0.1, 0.15) is 52.9 Å². The number of rotatable bonds is 8.